The van der Waals surface area contributed by atoms with Crippen molar-refractivity contribution in [1.29, 1.82) is 0 Å². The molecule has 0 aliphatic carbocycles. The molecule has 2 atom stereocenters. The lowest BCUT2D eigenvalue weighted by atomic mass is 9.98. The molecule has 0 radical (unpaired) electrons. The van der Waals surface area contributed by atoms with E-state index < -0.39 is 0 Å². The third-order valence-electron chi connectivity index (χ3n) is 4.81. The highest BCUT2D eigenvalue weighted by molar-refractivity contribution is 5.86. The molecule has 0 aromatic heterocycles. The summed E-state index contributed by atoms with van der Waals surface area (Å²) in [5.74, 6) is 0.202. The molecule has 2 heterocycles. The number of amides is 1. The normalized spacial score (nSPS) is 31.7. The van der Waals surface area contributed by atoms with Gasteiger partial charge in [0.15, 0.2) is 0 Å². The highest BCUT2D eigenvalue weighted by Crippen LogP contribution is 2.27. The zero-order chi connectivity index (χ0) is 13.2. The van der Waals surface area contributed by atoms with Crippen molar-refractivity contribution in [3.63, 3.8) is 0 Å². The summed E-state index contributed by atoms with van der Waals surface area (Å²) in [6, 6.07) is 0.465. The Hall–Kier alpha value is -0.610. The number of carbonyl (C=O) groups excluding carboxylic acids is 1. The largest absolute Gasteiger partial charge is 0.353 e. The van der Waals surface area contributed by atoms with E-state index in [1.54, 1.807) is 0 Å². The van der Waals surface area contributed by atoms with Gasteiger partial charge in [0.1, 0.15) is 0 Å². The lowest BCUT2D eigenvalue weighted by Crippen LogP contribution is -2.54. The monoisotopic (exact) mass is 253 g/mol. The fourth-order valence-electron chi connectivity index (χ4n) is 3.13. The summed E-state index contributed by atoms with van der Waals surface area (Å²) in [7, 11) is 2.05. The molecular weight excluding hydrogens is 226 g/mol. The lowest BCUT2D eigenvalue weighted by Gasteiger charge is -2.32. The van der Waals surface area contributed by atoms with Gasteiger partial charge in [-0.25, -0.2) is 0 Å². The molecule has 0 aromatic carbocycles. The Morgan fingerprint density at radius 3 is 2.50 bits per heavy atom. The maximum atomic E-state index is 12.3. The predicted molar refractivity (Wildman–Crippen MR) is 73.5 cm³/mol. The van der Waals surface area contributed by atoms with E-state index in [4.69, 9.17) is 0 Å². The second-order valence-electron chi connectivity index (χ2n) is 6.10. The molecule has 2 aliphatic rings. The maximum absolute atomic E-state index is 12.3. The van der Waals surface area contributed by atoms with Gasteiger partial charge in [-0.2, -0.15) is 0 Å². The van der Waals surface area contributed by atoms with Crippen molar-refractivity contribution in [1.82, 2.24) is 15.1 Å². The van der Waals surface area contributed by atoms with E-state index in [9.17, 15) is 4.79 Å². The molecule has 18 heavy (non-hydrogen) atoms. The molecule has 1 N–H and O–H groups in total. The minimum absolute atomic E-state index is 0.202. The first-order chi connectivity index (χ1) is 8.54. The molecular formula is C14H27N3O. The van der Waals surface area contributed by atoms with Gasteiger partial charge in [-0.05, 0) is 66.2 Å². The van der Waals surface area contributed by atoms with Crippen LogP contribution in [0.1, 0.15) is 39.5 Å². The van der Waals surface area contributed by atoms with Crippen molar-refractivity contribution in [2.45, 2.75) is 51.1 Å². The summed E-state index contributed by atoms with van der Waals surface area (Å²) in [6.07, 6.45) is 4.72. The highest BCUT2D eigenvalue weighted by Gasteiger charge is 2.40. The van der Waals surface area contributed by atoms with Gasteiger partial charge >= 0.3 is 0 Å². The van der Waals surface area contributed by atoms with Gasteiger partial charge in [0, 0.05) is 12.6 Å². The Labute approximate surface area is 111 Å². The van der Waals surface area contributed by atoms with Crippen molar-refractivity contribution in [3.05, 3.63) is 0 Å². The highest BCUT2D eigenvalue weighted by atomic mass is 16.2. The topological polar surface area (TPSA) is 35.6 Å². The number of likely N-dealkylation sites (N-methyl/N-ethyl adjacent to an activating group) is 1. The number of hydrogen-bond acceptors (Lipinski definition) is 3. The fraction of sp³-hybridized carbons (Fsp3) is 0.929. The van der Waals surface area contributed by atoms with Crippen molar-refractivity contribution < 1.29 is 4.79 Å². The summed E-state index contributed by atoms with van der Waals surface area (Å²) >= 11 is 0. The molecule has 2 saturated heterocycles. The predicted octanol–water partition coefficient (Wildman–Crippen LogP) is 1.07. The molecule has 0 saturated carbocycles. The van der Waals surface area contributed by atoms with Crippen LogP contribution in [0.15, 0.2) is 0 Å². The van der Waals surface area contributed by atoms with Crippen LogP contribution in [0.25, 0.3) is 0 Å². The zero-order valence-corrected chi connectivity index (χ0v) is 12.0. The number of likely N-dealkylation sites (tertiary alicyclic amines) is 2. The average molecular weight is 253 g/mol. The second-order valence-corrected chi connectivity index (χ2v) is 6.10. The van der Waals surface area contributed by atoms with E-state index in [2.05, 4.69) is 36.0 Å². The SMILES string of the molecule is C[C@@H](CNC(=O)[C@@]1(C)CCCN1C)N1CCCC1. The maximum Gasteiger partial charge on any atom is 0.240 e. The summed E-state index contributed by atoms with van der Waals surface area (Å²) in [5, 5.41) is 3.15. The smallest absolute Gasteiger partial charge is 0.240 e. The lowest BCUT2D eigenvalue weighted by molar-refractivity contribution is -0.130. The minimum atomic E-state index is -0.287. The van der Waals surface area contributed by atoms with E-state index in [1.807, 2.05) is 0 Å². The molecule has 2 rings (SSSR count). The second kappa shape index (κ2) is 5.57. The van der Waals surface area contributed by atoms with Crippen LogP contribution in [-0.2, 0) is 4.79 Å². The summed E-state index contributed by atoms with van der Waals surface area (Å²) in [5.41, 5.74) is -0.287. The van der Waals surface area contributed by atoms with Crippen LogP contribution < -0.4 is 5.32 Å². The van der Waals surface area contributed by atoms with E-state index in [0.717, 1.165) is 25.9 Å². The first-order valence-electron chi connectivity index (χ1n) is 7.27. The van der Waals surface area contributed by atoms with Crippen molar-refractivity contribution in [3.8, 4) is 0 Å². The molecule has 2 aliphatic heterocycles. The number of hydrogen-bond donors (Lipinski definition) is 1. The Morgan fingerprint density at radius 2 is 1.94 bits per heavy atom. The molecule has 4 heteroatoms. The molecule has 4 nitrogen and oxygen atoms in total. The van der Waals surface area contributed by atoms with Gasteiger partial charge in [0.2, 0.25) is 5.91 Å². The molecule has 0 bridgehead atoms. The Kier molecular flexibility index (Phi) is 4.28. The third-order valence-corrected chi connectivity index (χ3v) is 4.81. The van der Waals surface area contributed by atoms with E-state index in [0.29, 0.717) is 6.04 Å². The summed E-state index contributed by atoms with van der Waals surface area (Å²) in [6.45, 7) is 8.47. The molecule has 0 spiro atoms. The Morgan fingerprint density at radius 1 is 1.28 bits per heavy atom. The van der Waals surface area contributed by atoms with Gasteiger partial charge in [-0.3, -0.25) is 14.6 Å². The van der Waals surface area contributed by atoms with Crippen LogP contribution in [0.4, 0.5) is 0 Å². The summed E-state index contributed by atoms with van der Waals surface area (Å²) in [4.78, 5) is 17.0. The zero-order valence-electron chi connectivity index (χ0n) is 12.0. The number of carbonyl (C=O) groups is 1. The number of nitrogens with one attached hydrogen (secondary N) is 1. The Balaban J connectivity index is 1.80. The van der Waals surface area contributed by atoms with Gasteiger partial charge in [-0.15, -0.1) is 0 Å². The first-order valence-corrected chi connectivity index (χ1v) is 7.27. The fourth-order valence-corrected chi connectivity index (χ4v) is 3.13. The standard InChI is InChI=1S/C14H27N3O/c1-12(17-9-4-5-10-17)11-15-13(18)14(2)7-6-8-16(14)3/h12H,4-11H2,1-3H3,(H,15,18)/t12-,14+/m0/s1. The molecule has 1 amide bonds. The Bertz CT molecular complexity index is 301. The van der Waals surface area contributed by atoms with Crippen molar-refractivity contribution in [2.75, 3.05) is 33.2 Å². The number of rotatable bonds is 4. The average Bonchev–Trinajstić information content (AvgIpc) is 2.98. The molecule has 104 valence electrons. The van der Waals surface area contributed by atoms with Crippen LogP contribution in [0, 0.1) is 0 Å². The molecule has 0 unspecified atom stereocenters. The van der Waals surface area contributed by atoms with Crippen LogP contribution >= 0.6 is 0 Å². The van der Waals surface area contributed by atoms with E-state index in [-0.39, 0.29) is 11.4 Å². The third kappa shape index (κ3) is 2.69. The van der Waals surface area contributed by atoms with Crippen molar-refractivity contribution in [2.24, 2.45) is 0 Å². The van der Waals surface area contributed by atoms with E-state index >= 15 is 0 Å². The van der Waals surface area contributed by atoms with Gasteiger partial charge in [0.25, 0.3) is 0 Å². The molecule has 0 aromatic rings. The van der Waals surface area contributed by atoms with Gasteiger partial charge in [0.05, 0.1) is 5.54 Å². The van der Waals surface area contributed by atoms with E-state index in [1.165, 1.54) is 25.9 Å². The van der Waals surface area contributed by atoms with Crippen LogP contribution in [0.2, 0.25) is 0 Å². The van der Waals surface area contributed by atoms with Crippen LogP contribution in [0.5, 0.6) is 0 Å². The van der Waals surface area contributed by atoms with Gasteiger partial charge in [-0.1, -0.05) is 0 Å². The first kappa shape index (κ1) is 13.8. The minimum Gasteiger partial charge on any atom is -0.353 e. The number of nitrogens with zero attached hydrogens (tertiary/aromatic N) is 2. The molecule has 2 fully saturated rings. The van der Waals surface area contributed by atoms with Crippen LogP contribution in [0.3, 0.4) is 0 Å². The quantitative estimate of drug-likeness (QED) is 0.814. The summed E-state index contributed by atoms with van der Waals surface area (Å²) < 4.78 is 0. The van der Waals surface area contributed by atoms with Crippen molar-refractivity contribution >= 4 is 5.91 Å². The van der Waals surface area contributed by atoms with Crippen LogP contribution in [-0.4, -0.2) is 60.5 Å². The van der Waals surface area contributed by atoms with Gasteiger partial charge < -0.3 is 5.32 Å².